The van der Waals surface area contributed by atoms with Crippen molar-refractivity contribution in [2.24, 2.45) is 0 Å². The first kappa shape index (κ1) is 11.8. The first-order valence-corrected chi connectivity index (χ1v) is 12.0. The maximum Gasteiger partial charge on any atom is 0.153 e. The van der Waals surface area contributed by atoms with Gasteiger partial charge < -0.3 is 0 Å². The molecule has 0 N–H and O–H groups in total. The number of hydrogen-bond acceptors (Lipinski definition) is 0. The lowest BCUT2D eigenvalue weighted by Crippen LogP contribution is -2.37. The third-order valence-corrected chi connectivity index (χ3v) is 16.3. The Morgan fingerprint density at radius 1 is 1.31 bits per heavy atom. The second kappa shape index (κ2) is 5.57. The summed E-state index contributed by atoms with van der Waals surface area (Å²) in [5, 5.41) is 0. The number of halogens is 1. The van der Waals surface area contributed by atoms with Gasteiger partial charge in [-0.05, 0) is 12.1 Å². The predicted octanol–water partition coefficient (Wildman–Crippen LogP) is 4.16. The summed E-state index contributed by atoms with van der Waals surface area (Å²) in [6, 6.07) is 5.97. The van der Waals surface area contributed by atoms with Crippen molar-refractivity contribution in [3.8, 4) is 0 Å². The van der Waals surface area contributed by atoms with E-state index >= 15 is 0 Å². The van der Waals surface area contributed by atoms with Gasteiger partial charge in [0.2, 0.25) is 0 Å². The third kappa shape index (κ3) is 3.76. The predicted molar refractivity (Wildman–Crippen MR) is 68.0 cm³/mol. The van der Waals surface area contributed by atoms with Crippen LogP contribution in [0.3, 0.4) is 0 Å². The summed E-state index contributed by atoms with van der Waals surface area (Å²) in [5.74, 6) is 0. The fourth-order valence-electron chi connectivity index (χ4n) is 2.76. The van der Waals surface area contributed by atoms with E-state index in [0.29, 0.717) is 0 Å². The Morgan fingerprint density at radius 2 is 2.08 bits per heavy atom. The Hall–Kier alpha value is 0.724. The Morgan fingerprint density at radius 3 is 2.69 bits per heavy atom. The van der Waals surface area contributed by atoms with Crippen LogP contribution < -0.4 is 0 Å². The van der Waals surface area contributed by atoms with Crippen LogP contribution in [0.1, 0.15) is 33.1 Å². The van der Waals surface area contributed by atoms with Crippen LogP contribution >= 0.6 is 11.1 Å². The molecular weight excluding hydrogens is 212 g/mol. The van der Waals surface area contributed by atoms with E-state index in [4.69, 9.17) is 11.1 Å². The van der Waals surface area contributed by atoms with Gasteiger partial charge in [0.25, 0.3) is 0 Å². The highest BCUT2D eigenvalue weighted by Gasteiger charge is 2.36. The lowest BCUT2D eigenvalue weighted by Gasteiger charge is -2.33. The van der Waals surface area contributed by atoms with Crippen molar-refractivity contribution in [2.75, 3.05) is 0 Å². The molecule has 13 heavy (non-hydrogen) atoms. The topological polar surface area (TPSA) is 0 Å². The third-order valence-electron chi connectivity index (χ3n) is 3.29. The van der Waals surface area contributed by atoms with Crippen molar-refractivity contribution in [3.05, 3.63) is 0 Å². The molecule has 1 aliphatic heterocycles. The van der Waals surface area contributed by atoms with Crippen molar-refractivity contribution < 1.29 is 0 Å². The molecule has 3 heteroatoms. The normalized spacial score (nSPS) is 34.8. The van der Waals surface area contributed by atoms with Gasteiger partial charge in [-0.2, -0.15) is 11.1 Å². The SMILES string of the molecule is CCC[SiH]1CCC[Si](Cl)(CCC)C1. The van der Waals surface area contributed by atoms with Crippen LogP contribution in [-0.4, -0.2) is 16.2 Å². The molecule has 0 amide bonds. The molecule has 78 valence electrons. The van der Waals surface area contributed by atoms with Crippen LogP contribution in [0.2, 0.25) is 29.8 Å². The van der Waals surface area contributed by atoms with Crippen molar-refractivity contribution in [2.45, 2.75) is 63.0 Å². The molecule has 1 heterocycles. The number of rotatable bonds is 4. The Balaban J connectivity index is 2.39. The van der Waals surface area contributed by atoms with E-state index < -0.39 is 7.38 Å². The van der Waals surface area contributed by atoms with Gasteiger partial charge in [0.15, 0.2) is 7.38 Å². The van der Waals surface area contributed by atoms with E-state index in [0.717, 1.165) is 0 Å². The van der Waals surface area contributed by atoms with E-state index in [9.17, 15) is 0 Å². The van der Waals surface area contributed by atoms with Gasteiger partial charge in [0.05, 0.1) is 0 Å². The van der Waals surface area contributed by atoms with E-state index in [1.807, 2.05) is 0 Å². The second-order valence-electron chi connectivity index (χ2n) is 4.65. The molecule has 0 bridgehead atoms. The van der Waals surface area contributed by atoms with E-state index in [2.05, 4.69) is 13.8 Å². The van der Waals surface area contributed by atoms with Gasteiger partial charge in [-0.15, -0.1) is 0 Å². The molecule has 0 radical (unpaired) electrons. The van der Waals surface area contributed by atoms with Crippen LogP contribution in [0.15, 0.2) is 0 Å². The van der Waals surface area contributed by atoms with Crippen molar-refractivity contribution in [3.63, 3.8) is 0 Å². The molecule has 1 aliphatic rings. The Kier molecular flexibility index (Phi) is 5.05. The highest BCUT2D eigenvalue weighted by atomic mass is 35.6. The largest absolute Gasteiger partial charge is 0.167 e. The molecule has 0 aromatic heterocycles. The fraction of sp³-hybridized carbons (Fsp3) is 1.00. The summed E-state index contributed by atoms with van der Waals surface area (Å²) in [7, 11) is -1.56. The summed E-state index contributed by atoms with van der Waals surface area (Å²) in [4.78, 5) is 0. The molecule has 1 rings (SSSR count). The van der Waals surface area contributed by atoms with E-state index in [1.165, 1.54) is 31.4 Å². The molecule has 2 unspecified atom stereocenters. The highest BCUT2D eigenvalue weighted by Crippen LogP contribution is 2.37. The van der Waals surface area contributed by atoms with Gasteiger partial charge >= 0.3 is 0 Å². The van der Waals surface area contributed by atoms with Gasteiger partial charge in [0.1, 0.15) is 0 Å². The molecule has 0 spiro atoms. The fourth-order valence-corrected chi connectivity index (χ4v) is 17.4. The van der Waals surface area contributed by atoms with Crippen molar-refractivity contribution >= 4 is 27.3 Å². The number of hydrogen-bond donors (Lipinski definition) is 0. The molecular formula is C10H23ClSi2. The van der Waals surface area contributed by atoms with Gasteiger partial charge in [-0.3, -0.25) is 0 Å². The minimum Gasteiger partial charge on any atom is -0.167 e. The first-order chi connectivity index (χ1) is 6.20. The lowest BCUT2D eigenvalue weighted by atomic mass is 10.5. The zero-order chi connectivity index (χ0) is 9.73. The van der Waals surface area contributed by atoms with Crippen LogP contribution in [0, 0.1) is 0 Å². The molecule has 0 aliphatic carbocycles. The summed E-state index contributed by atoms with van der Waals surface area (Å²) in [6.45, 7) is 4.63. The molecule has 1 saturated heterocycles. The standard InChI is InChI=1S/C10H23ClSi2/c1-3-6-12-7-5-9-13(11,10-12)8-4-2/h12H,3-10H2,1-2H3. The maximum absolute atomic E-state index is 6.78. The molecule has 0 aromatic rings. The molecule has 0 saturated carbocycles. The molecule has 1 fully saturated rings. The first-order valence-electron chi connectivity index (χ1n) is 5.89. The summed E-state index contributed by atoms with van der Waals surface area (Å²) >= 11 is 6.78. The van der Waals surface area contributed by atoms with Gasteiger partial charge in [-0.1, -0.05) is 50.9 Å². The van der Waals surface area contributed by atoms with Crippen LogP contribution in [0.5, 0.6) is 0 Å². The van der Waals surface area contributed by atoms with Crippen molar-refractivity contribution in [1.29, 1.82) is 0 Å². The van der Waals surface area contributed by atoms with Crippen LogP contribution in [0.25, 0.3) is 0 Å². The zero-order valence-corrected chi connectivity index (χ0v) is 12.0. The van der Waals surface area contributed by atoms with E-state index in [-0.39, 0.29) is 8.80 Å². The highest BCUT2D eigenvalue weighted by molar-refractivity contribution is 7.23. The van der Waals surface area contributed by atoms with Crippen molar-refractivity contribution in [1.82, 2.24) is 0 Å². The summed E-state index contributed by atoms with van der Waals surface area (Å²) in [6.07, 6.45) is 4.21. The average molecular weight is 235 g/mol. The van der Waals surface area contributed by atoms with Crippen LogP contribution in [-0.2, 0) is 0 Å². The Labute approximate surface area is 90.4 Å². The van der Waals surface area contributed by atoms with Gasteiger partial charge in [0, 0.05) is 8.80 Å². The molecule has 0 aromatic carbocycles. The minimum absolute atomic E-state index is 0.353. The summed E-state index contributed by atoms with van der Waals surface area (Å²) in [5.41, 5.74) is 1.55. The molecule has 0 nitrogen and oxygen atoms in total. The van der Waals surface area contributed by atoms with E-state index in [1.54, 1.807) is 17.8 Å². The minimum atomic E-state index is -1.20. The lowest BCUT2D eigenvalue weighted by molar-refractivity contribution is 0.939. The smallest absolute Gasteiger partial charge is 0.153 e. The zero-order valence-electron chi connectivity index (χ0n) is 9.11. The second-order valence-corrected chi connectivity index (χ2v) is 14.9. The quantitative estimate of drug-likeness (QED) is 0.506. The van der Waals surface area contributed by atoms with Gasteiger partial charge in [-0.25, -0.2) is 0 Å². The summed E-state index contributed by atoms with van der Waals surface area (Å²) < 4.78 is 0. The monoisotopic (exact) mass is 234 g/mol. The molecule has 2 atom stereocenters. The average Bonchev–Trinajstić information content (AvgIpc) is 2.04. The van der Waals surface area contributed by atoms with Crippen LogP contribution in [0.4, 0.5) is 0 Å². The maximum atomic E-state index is 6.78. The Bertz CT molecular complexity index is 146.